The summed E-state index contributed by atoms with van der Waals surface area (Å²) in [5, 5.41) is 2.92. The Kier molecular flexibility index (Phi) is 7.05. The molecular weight excluding hydrogens is 308 g/mol. The van der Waals surface area contributed by atoms with Crippen LogP contribution in [0, 0.1) is 0 Å². The summed E-state index contributed by atoms with van der Waals surface area (Å²) in [5.41, 5.74) is 6.89. The van der Waals surface area contributed by atoms with Gasteiger partial charge in [-0.3, -0.25) is 4.79 Å². The van der Waals surface area contributed by atoms with Gasteiger partial charge in [0.15, 0.2) is 0 Å². The minimum absolute atomic E-state index is 0.0570. The maximum absolute atomic E-state index is 11.9. The van der Waals surface area contributed by atoms with Crippen LogP contribution in [0.25, 0.3) is 0 Å². The third kappa shape index (κ3) is 5.72. The summed E-state index contributed by atoms with van der Waals surface area (Å²) in [6.45, 7) is 2.57. The van der Waals surface area contributed by atoms with Crippen LogP contribution in [0.1, 0.15) is 31.4 Å². The molecule has 3 N–H and O–H groups in total. The zero-order valence-electron chi connectivity index (χ0n) is 11.4. The van der Waals surface area contributed by atoms with Gasteiger partial charge < -0.3 is 15.8 Å². The number of amides is 1. The second kappa shape index (κ2) is 8.30. The first-order valence-electron chi connectivity index (χ1n) is 6.35. The lowest BCUT2D eigenvalue weighted by atomic mass is 10.1. The normalized spacial score (nSPS) is 13.9. The molecule has 0 aliphatic carbocycles. The van der Waals surface area contributed by atoms with Gasteiger partial charge in [-0.25, -0.2) is 0 Å². The van der Waals surface area contributed by atoms with Crippen molar-refractivity contribution in [2.24, 2.45) is 5.73 Å². The van der Waals surface area contributed by atoms with Crippen LogP contribution < -0.4 is 11.1 Å². The van der Waals surface area contributed by atoms with E-state index in [0.29, 0.717) is 13.0 Å². The molecule has 0 bridgehead atoms. The minimum atomic E-state index is -0.482. The lowest BCUT2D eigenvalue weighted by molar-refractivity contribution is -0.123. The molecule has 4 nitrogen and oxygen atoms in total. The Morgan fingerprint density at radius 2 is 2.26 bits per heavy atom. The van der Waals surface area contributed by atoms with E-state index in [1.54, 1.807) is 7.11 Å². The summed E-state index contributed by atoms with van der Waals surface area (Å²) in [5.74, 6) is -0.122. The average molecular weight is 329 g/mol. The van der Waals surface area contributed by atoms with Crippen molar-refractivity contribution in [2.75, 3.05) is 13.7 Å². The van der Waals surface area contributed by atoms with Gasteiger partial charge in [0.05, 0.1) is 12.1 Å². The first kappa shape index (κ1) is 16.1. The first-order chi connectivity index (χ1) is 9.04. The number of hydrogen-bond acceptors (Lipinski definition) is 3. The van der Waals surface area contributed by atoms with E-state index < -0.39 is 6.04 Å². The van der Waals surface area contributed by atoms with Gasteiger partial charge in [-0.1, -0.05) is 28.1 Å². The fourth-order valence-electron chi connectivity index (χ4n) is 1.76. The van der Waals surface area contributed by atoms with Crippen LogP contribution in [-0.4, -0.2) is 25.7 Å². The molecule has 0 aliphatic heterocycles. The van der Waals surface area contributed by atoms with Crippen molar-refractivity contribution < 1.29 is 9.53 Å². The number of rotatable bonds is 7. The number of hydrogen-bond donors (Lipinski definition) is 2. The molecule has 19 heavy (non-hydrogen) atoms. The van der Waals surface area contributed by atoms with Crippen molar-refractivity contribution in [1.29, 1.82) is 0 Å². The van der Waals surface area contributed by atoms with Crippen LogP contribution in [-0.2, 0) is 9.53 Å². The highest BCUT2D eigenvalue weighted by Gasteiger charge is 2.16. The smallest absolute Gasteiger partial charge is 0.237 e. The highest BCUT2D eigenvalue weighted by Crippen LogP contribution is 2.17. The Labute approximate surface area is 122 Å². The van der Waals surface area contributed by atoms with Gasteiger partial charge >= 0.3 is 0 Å². The van der Waals surface area contributed by atoms with Crippen molar-refractivity contribution in [2.45, 2.75) is 31.8 Å². The fraction of sp³-hybridized carbons (Fsp3) is 0.500. The Morgan fingerprint density at radius 1 is 1.53 bits per heavy atom. The standard InChI is InChI=1S/C14H21BrN2O2/c1-10(11-5-3-6-12(15)9-11)17-14(18)13(16)7-4-8-19-2/h3,5-6,9-10,13H,4,7-8,16H2,1-2H3,(H,17,18). The number of nitrogens with two attached hydrogens (primary N) is 1. The van der Waals surface area contributed by atoms with Crippen LogP contribution >= 0.6 is 15.9 Å². The van der Waals surface area contributed by atoms with Gasteiger partial charge in [0.25, 0.3) is 0 Å². The van der Waals surface area contributed by atoms with E-state index in [2.05, 4.69) is 21.2 Å². The number of halogens is 1. The van der Waals surface area contributed by atoms with Gasteiger partial charge in [-0.2, -0.15) is 0 Å². The predicted octanol–water partition coefficient (Wildman–Crippen LogP) is 2.38. The molecule has 2 atom stereocenters. The quantitative estimate of drug-likeness (QED) is 0.755. The number of methoxy groups -OCH3 is 1. The molecule has 1 aromatic carbocycles. The predicted molar refractivity (Wildman–Crippen MR) is 79.8 cm³/mol. The van der Waals surface area contributed by atoms with E-state index in [-0.39, 0.29) is 11.9 Å². The van der Waals surface area contributed by atoms with Gasteiger partial charge in [0, 0.05) is 18.2 Å². The molecular formula is C14H21BrN2O2. The largest absolute Gasteiger partial charge is 0.385 e. The fourth-order valence-corrected chi connectivity index (χ4v) is 2.18. The first-order valence-corrected chi connectivity index (χ1v) is 7.14. The highest BCUT2D eigenvalue weighted by molar-refractivity contribution is 9.10. The summed E-state index contributed by atoms with van der Waals surface area (Å²) >= 11 is 3.42. The molecule has 0 spiro atoms. The van der Waals surface area contributed by atoms with E-state index in [9.17, 15) is 4.79 Å². The molecule has 0 fully saturated rings. The molecule has 2 unspecified atom stereocenters. The van der Waals surface area contributed by atoms with Crippen molar-refractivity contribution in [3.05, 3.63) is 34.3 Å². The van der Waals surface area contributed by atoms with E-state index in [1.807, 2.05) is 31.2 Å². The second-order valence-corrected chi connectivity index (χ2v) is 5.44. The van der Waals surface area contributed by atoms with E-state index >= 15 is 0 Å². The monoisotopic (exact) mass is 328 g/mol. The number of carbonyl (C=O) groups is 1. The summed E-state index contributed by atoms with van der Waals surface area (Å²) in [7, 11) is 1.64. The molecule has 0 radical (unpaired) electrons. The third-order valence-corrected chi connectivity index (χ3v) is 3.40. The molecule has 0 aromatic heterocycles. The van der Waals surface area contributed by atoms with Crippen LogP contribution in [0.4, 0.5) is 0 Å². The molecule has 1 aromatic rings. The van der Waals surface area contributed by atoms with Crippen LogP contribution in [0.2, 0.25) is 0 Å². The molecule has 0 aliphatic rings. The summed E-state index contributed by atoms with van der Waals surface area (Å²) in [6.07, 6.45) is 1.42. The lowest BCUT2D eigenvalue weighted by Crippen LogP contribution is -2.41. The molecule has 0 saturated carbocycles. The van der Waals surface area contributed by atoms with E-state index in [4.69, 9.17) is 10.5 Å². The summed E-state index contributed by atoms with van der Waals surface area (Å²) < 4.78 is 5.94. The van der Waals surface area contributed by atoms with E-state index in [1.165, 1.54) is 0 Å². The van der Waals surface area contributed by atoms with Crippen molar-refractivity contribution in [1.82, 2.24) is 5.32 Å². The zero-order chi connectivity index (χ0) is 14.3. The Bertz CT molecular complexity index is 412. The highest BCUT2D eigenvalue weighted by atomic mass is 79.9. The minimum Gasteiger partial charge on any atom is -0.385 e. The average Bonchev–Trinajstić information content (AvgIpc) is 2.38. The van der Waals surface area contributed by atoms with Crippen molar-refractivity contribution in [3.63, 3.8) is 0 Å². The van der Waals surface area contributed by atoms with Gasteiger partial charge in [0.2, 0.25) is 5.91 Å². The molecule has 0 heterocycles. The molecule has 1 rings (SSSR count). The van der Waals surface area contributed by atoms with Crippen molar-refractivity contribution in [3.8, 4) is 0 Å². The number of benzene rings is 1. The van der Waals surface area contributed by atoms with Gasteiger partial charge in [-0.15, -0.1) is 0 Å². The third-order valence-electron chi connectivity index (χ3n) is 2.91. The number of nitrogens with one attached hydrogen (secondary N) is 1. The SMILES string of the molecule is COCCCC(N)C(=O)NC(C)c1cccc(Br)c1. The maximum atomic E-state index is 11.9. The van der Waals surface area contributed by atoms with Crippen LogP contribution in [0.3, 0.4) is 0 Å². The summed E-state index contributed by atoms with van der Waals surface area (Å²) in [6, 6.07) is 7.33. The molecule has 106 valence electrons. The zero-order valence-corrected chi connectivity index (χ0v) is 12.9. The lowest BCUT2D eigenvalue weighted by Gasteiger charge is -2.18. The van der Waals surface area contributed by atoms with Gasteiger partial charge in [0.1, 0.15) is 0 Å². The van der Waals surface area contributed by atoms with Gasteiger partial charge in [-0.05, 0) is 37.5 Å². The second-order valence-electron chi connectivity index (χ2n) is 4.53. The molecule has 1 amide bonds. The Balaban J connectivity index is 2.47. The van der Waals surface area contributed by atoms with Crippen LogP contribution in [0.15, 0.2) is 28.7 Å². The Morgan fingerprint density at radius 3 is 2.89 bits per heavy atom. The topological polar surface area (TPSA) is 64.3 Å². The van der Waals surface area contributed by atoms with Crippen LogP contribution in [0.5, 0.6) is 0 Å². The number of ether oxygens (including phenoxy) is 1. The van der Waals surface area contributed by atoms with Crippen molar-refractivity contribution >= 4 is 21.8 Å². The maximum Gasteiger partial charge on any atom is 0.237 e. The number of carbonyl (C=O) groups excluding carboxylic acids is 1. The Hall–Kier alpha value is -0.910. The molecule has 0 saturated heterocycles. The summed E-state index contributed by atoms with van der Waals surface area (Å²) in [4.78, 5) is 11.9. The van der Waals surface area contributed by atoms with E-state index in [0.717, 1.165) is 16.5 Å². The molecule has 5 heteroatoms.